The summed E-state index contributed by atoms with van der Waals surface area (Å²) in [5, 5.41) is 8.93. The smallest absolute Gasteiger partial charge is 0.134 e. The zero-order chi connectivity index (χ0) is 13.1. The maximum atomic E-state index is 13.2. The van der Waals surface area contributed by atoms with Gasteiger partial charge in [-0.3, -0.25) is 0 Å². The summed E-state index contributed by atoms with van der Waals surface area (Å²) in [7, 11) is 1.79. The minimum Gasteiger partial charge on any atom is -0.329 e. The number of rotatable bonds is 2. The zero-order valence-electron chi connectivity index (χ0n) is 10.2. The number of halogens is 1. The Morgan fingerprint density at radius 3 is 2.72 bits per heavy atom. The van der Waals surface area contributed by atoms with Gasteiger partial charge in [-0.05, 0) is 37.3 Å². The summed E-state index contributed by atoms with van der Waals surface area (Å²) >= 11 is 0. The first kappa shape index (κ1) is 12.1. The van der Waals surface area contributed by atoms with Crippen LogP contribution in [-0.4, -0.2) is 12.0 Å². The molecular weight excluding hydrogens is 229 g/mol. The molecule has 0 spiro atoms. The Morgan fingerprint density at radius 2 is 2.06 bits per heavy atom. The largest absolute Gasteiger partial charge is 0.329 e. The van der Waals surface area contributed by atoms with Crippen LogP contribution in [0.5, 0.6) is 0 Å². The van der Waals surface area contributed by atoms with Crippen LogP contribution in [0.2, 0.25) is 0 Å². The van der Waals surface area contributed by atoms with Crippen molar-refractivity contribution in [1.82, 2.24) is 4.98 Å². The Morgan fingerprint density at radius 1 is 1.28 bits per heavy atom. The van der Waals surface area contributed by atoms with E-state index in [1.165, 1.54) is 12.1 Å². The van der Waals surface area contributed by atoms with Crippen molar-refractivity contribution in [3.63, 3.8) is 0 Å². The van der Waals surface area contributed by atoms with E-state index in [9.17, 15) is 4.39 Å². The van der Waals surface area contributed by atoms with E-state index in [-0.39, 0.29) is 5.82 Å². The summed E-state index contributed by atoms with van der Waals surface area (Å²) < 4.78 is 13.2. The van der Waals surface area contributed by atoms with Crippen LogP contribution in [0.25, 0.3) is 0 Å². The molecule has 1 heterocycles. The highest BCUT2D eigenvalue weighted by molar-refractivity contribution is 5.60. The van der Waals surface area contributed by atoms with E-state index in [2.05, 4.69) is 11.1 Å². The van der Waals surface area contributed by atoms with Crippen molar-refractivity contribution >= 4 is 11.5 Å². The van der Waals surface area contributed by atoms with E-state index < -0.39 is 0 Å². The molecule has 0 atom stereocenters. The fourth-order valence-corrected chi connectivity index (χ4v) is 1.70. The molecule has 0 aliphatic heterocycles. The van der Waals surface area contributed by atoms with Crippen LogP contribution in [0.4, 0.5) is 15.9 Å². The molecule has 0 N–H and O–H groups in total. The maximum absolute atomic E-state index is 13.2. The van der Waals surface area contributed by atoms with Gasteiger partial charge in [-0.15, -0.1) is 0 Å². The van der Waals surface area contributed by atoms with Gasteiger partial charge in [0.2, 0.25) is 0 Å². The molecule has 2 rings (SSSR count). The van der Waals surface area contributed by atoms with E-state index in [0.717, 1.165) is 5.69 Å². The normalized spacial score (nSPS) is 9.89. The Kier molecular flexibility index (Phi) is 3.24. The first-order valence-corrected chi connectivity index (χ1v) is 5.48. The minimum atomic E-state index is -0.299. The summed E-state index contributed by atoms with van der Waals surface area (Å²) in [6, 6.07) is 11.7. The lowest BCUT2D eigenvalue weighted by atomic mass is 10.2. The Balaban J connectivity index is 2.43. The Bertz CT molecular complexity index is 617. The van der Waals surface area contributed by atoms with Crippen LogP contribution in [-0.2, 0) is 0 Å². The summed E-state index contributed by atoms with van der Waals surface area (Å²) in [6.07, 6.45) is 0. The number of nitriles is 1. The molecule has 4 heteroatoms. The molecule has 0 radical (unpaired) electrons. The summed E-state index contributed by atoms with van der Waals surface area (Å²) in [5.74, 6) is 0.324. The highest BCUT2D eigenvalue weighted by Crippen LogP contribution is 2.23. The van der Waals surface area contributed by atoms with Gasteiger partial charge in [0.15, 0.2) is 0 Å². The molecule has 0 saturated heterocycles. The molecule has 2 aromatic rings. The maximum Gasteiger partial charge on any atom is 0.134 e. The first-order chi connectivity index (χ1) is 8.60. The number of hydrogen-bond donors (Lipinski definition) is 0. The van der Waals surface area contributed by atoms with E-state index in [1.54, 1.807) is 36.2 Å². The summed E-state index contributed by atoms with van der Waals surface area (Å²) in [6.45, 7) is 1.82. The molecule has 0 aliphatic carbocycles. The number of anilines is 2. The van der Waals surface area contributed by atoms with Crippen molar-refractivity contribution in [2.24, 2.45) is 0 Å². The molecular formula is C14H12FN3. The lowest BCUT2D eigenvalue weighted by Gasteiger charge is -2.19. The predicted molar refractivity (Wildman–Crippen MR) is 68.2 cm³/mol. The number of aromatic nitrogens is 1. The summed E-state index contributed by atoms with van der Waals surface area (Å²) in [5.41, 5.74) is 1.99. The van der Waals surface area contributed by atoms with Crippen LogP contribution in [0.3, 0.4) is 0 Å². The van der Waals surface area contributed by atoms with Crippen molar-refractivity contribution in [2.45, 2.75) is 6.92 Å². The molecule has 3 nitrogen and oxygen atoms in total. The molecule has 0 bridgehead atoms. The lowest BCUT2D eigenvalue weighted by molar-refractivity contribution is 0.628. The topological polar surface area (TPSA) is 39.9 Å². The standard InChI is InChI=1S/C14H12FN3/c1-10-6-11(9-16)7-14(17-10)18(2)13-5-3-4-12(15)8-13/h3-8H,1-2H3. The van der Waals surface area contributed by atoms with Crippen LogP contribution in [0.1, 0.15) is 11.3 Å². The molecule has 18 heavy (non-hydrogen) atoms. The lowest BCUT2D eigenvalue weighted by Crippen LogP contribution is -2.12. The second-order valence-electron chi connectivity index (χ2n) is 4.01. The fraction of sp³-hybridized carbons (Fsp3) is 0.143. The molecule has 0 fully saturated rings. The van der Waals surface area contributed by atoms with Gasteiger partial charge < -0.3 is 4.90 Å². The zero-order valence-corrected chi connectivity index (χ0v) is 10.2. The van der Waals surface area contributed by atoms with E-state index in [0.29, 0.717) is 17.1 Å². The van der Waals surface area contributed by atoms with E-state index in [1.807, 2.05) is 6.92 Å². The van der Waals surface area contributed by atoms with Gasteiger partial charge in [0, 0.05) is 18.4 Å². The van der Waals surface area contributed by atoms with Crippen molar-refractivity contribution in [1.29, 1.82) is 5.26 Å². The molecule has 0 unspecified atom stereocenters. The van der Waals surface area contributed by atoms with Crippen LogP contribution in [0, 0.1) is 24.1 Å². The Hall–Kier alpha value is -2.41. The van der Waals surface area contributed by atoms with Crippen molar-refractivity contribution in [3.05, 3.63) is 53.5 Å². The molecule has 0 amide bonds. The second-order valence-corrected chi connectivity index (χ2v) is 4.01. The average Bonchev–Trinajstić information content (AvgIpc) is 2.37. The number of nitrogens with zero attached hydrogens (tertiary/aromatic N) is 3. The third-order valence-corrected chi connectivity index (χ3v) is 2.61. The average molecular weight is 241 g/mol. The fourth-order valence-electron chi connectivity index (χ4n) is 1.70. The molecule has 90 valence electrons. The van der Waals surface area contributed by atoms with Gasteiger partial charge in [-0.2, -0.15) is 5.26 Å². The number of aryl methyl sites for hydroxylation is 1. The third kappa shape index (κ3) is 2.46. The van der Waals surface area contributed by atoms with Crippen molar-refractivity contribution in [2.75, 3.05) is 11.9 Å². The van der Waals surface area contributed by atoms with Crippen LogP contribution in [0.15, 0.2) is 36.4 Å². The van der Waals surface area contributed by atoms with Gasteiger partial charge in [0.25, 0.3) is 0 Å². The molecule has 1 aromatic heterocycles. The van der Waals surface area contributed by atoms with E-state index in [4.69, 9.17) is 5.26 Å². The summed E-state index contributed by atoms with van der Waals surface area (Å²) in [4.78, 5) is 6.09. The second kappa shape index (κ2) is 4.84. The van der Waals surface area contributed by atoms with Crippen LogP contribution >= 0.6 is 0 Å². The van der Waals surface area contributed by atoms with Crippen LogP contribution < -0.4 is 4.90 Å². The van der Waals surface area contributed by atoms with Gasteiger partial charge >= 0.3 is 0 Å². The highest BCUT2D eigenvalue weighted by Gasteiger charge is 2.08. The number of hydrogen-bond acceptors (Lipinski definition) is 3. The van der Waals surface area contributed by atoms with Gasteiger partial charge in [-0.25, -0.2) is 9.37 Å². The van der Waals surface area contributed by atoms with Crippen molar-refractivity contribution < 1.29 is 4.39 Å². The molecule has 0 aliphatic rings. The molecule has 0 saturated carbocycles. The van der Waals surface area contributed by atoms with E-state index >= 15 is 0 Å². The number of benzene rings is 1. The molecule has 1 aromatic carbocycles. The predicted octanol–water partition coefficient (Wildman–Crippen LogP) is 3.17. The third-order valence-electron chi connectivity index (χ3n) is 2.61. The first-order valence-electron chi connectivity index (χ1n) is 5.48. The van der Waals surface area contributed by atoms with Gasteiger partial charge in [0.05, 0.1) is 11.6 Å². The Labute approximate surface area is 105 Å². The number of pyridine rings is 1. The SMILES string of the molecule is Cc1cc(C#N)cc(N(C)c2cccc(F)c2)n1. The van der Waals surface area contributed by atoms with Gasteiger partial charge in [0.1, 0.15) is 11.6 Å². The quantitative estimate of drug-likeness (QED) is 0.810. The monoisotopic (exact) mass is 241 g/mol. The highest BCUT2D eigenvalue weighted by atomic mass is 19.1. The minimum absolute atomic E-state index is 0.299. The van der Waals surface area contributed by atoms with Crippen molar-refractivity contribution in [3.8, 4) is 6.07 Å². The van der Waals surface area contributed by atoms with Gasteiger partial charge in [-0.1, -0.05) is 6.07 Å².